The number of fused-ring (bicyclic) bond motifs is 2. The number of esters is 1. The van der Waals surface area contributed by atoms with Crippen molar-refractivity contribution in [2.24, 2.45) is 0 Å². The number of carbonyl (C=O) groups is 1. The van der Waals surface area contributed by atoms with E-state index in [-0.39, 0.29) is 6.61 Å². The number of ether oxygens (including phenoxy) is 1. The van der Waals surface area contributed by atoms with Crippen molar-refractivity contribution in [3.8, 4) is 0 Å². The van der Waals surface area contributed by atoms with Gasteiger partial charge in [-0.1, -0.05) is 12.1 Å². The van der Waals surface area contributed by atoms with Crippen LogP contribution in [0.15, 0.2) is 42.7 Å². The molecule has 1 aromatic carbocycles. The SMILES string of the molecule is Cc1nn2cccnc2c1C(=O)OCc1nc(N)c2ccccc2n1. The Morgan fingerprint density at radius 2 is 2.08 bits per heavy atom. The van der Waals surface area contributed by atoms with Crippen molar-refractivity contribution in [3.63, 3.8) is 0 Å². The molecular formula is C17H14N6O2. The molecule has 0 bridgehead atoms. The van der Waals surface area contributed by atoms with Gasteiger partial charge in [-0.05, 0) is 25.1 Å². The number of aromatic nitrogens is 5. The van der Waals surface area contributed by atoms with Gasteiger partial charge in [0.1, 0.15) is 11.4 Å². The summed E-state index contributed by atoms with van der Waals surface area (Å²) in [6.07, 6.45) is 3.32. The molecule has 0 aliphatic carbocycles. The standard InChI is InChI=1S/C17H14N6O2/c1-10-14(16-19-7-4-8-23(16)22-10)17(24)25-9-13-20-12-6-3-2-5-11(12)15(18)21-13/h2-8H,9H2,1H3,(H2,18,20,21). The van der Waals surface area contributed by atoms with E-state index < -0.39 is 5.97 Å². The molecule has 4 aromatic rings. The molecule has 25 heavy (non-hydrogen) atoms. The molecule has 124 valence electrons. The zero-order valence-corrected chi connectivity index (χ0v) is 13.4. The summed E-state index contributed by atoms with van der Waals surface area (Å²) in [5, 5.41) is 5.01. The van der Waals surface area contributed by atoms with Crippen molar-refractivity contribution in [2.75, 3.05) is 5.73 Å². The summed E-state index contributed by atoms with van der Waals surface area (Å²) in [4.78, 5) is 25.2. The van der Waals surface area contributed by atoms with Crippen LogP contribution in [0.1, 0.15) is 21.9 Å². The minimum atomic E-state index is -0.526. The van der Waals surface area contributed by atoms with Crippen molar-refractivity contribution in [1.29, 1.82) is 0 Å². The van der Waals surface area contributed by atoms with Crippen LogP contribution in [0.3, 0.4) is 0 Å². The van der Waals surface area contributed by atoms with Crippen molar-refractivity contribution < 1.29 is 9.53 Å². The van der Waals surface area contributed by atoms with Crippen LogP contribution >= 0.6 is 0 Å². The highest BCUT2D eigenvalue weighted by atomic mass is 16.5. The molecule has 0 amide bonds. The number of carbonyl (C=O) groups excluding carboxylic acids is 1. The minimum Gasteiger partial charge on any atom is -0.454 e. The lowest BCUT2D eigenvalue weighted by molar-refractivity contribution is 0.0464. The number of nitrogens with zero attached hydrogens (tertiary/aromatic N) is 5. The summed E-state index contributed by atoms with van der Waals surface area (Å²) < 4.78 is 6.89. The third kappa shape index (κ3) is 2.63. The Bertz CT molecular complexity index is 1100. The molecule has 8 heteroatoms. The molecule has 4 rings (SSSR count). The molecule has 0 saturated carbocycles. The molecule has 0 saturated heterocycles. The number of rotatable bonds is 3. The molecule has 0 radical (unpaired) electrons. The number of aryl methyl sites for hydroxylation is 1. The first-order chi connectivity index (χ1) is 12.1. The molecule has 3 aromatic heterocycles. The largest absolute Gasteiger partial charge is 0.454 e. The topological polar surface area (TPSA) is 108 Å². The normalized spacial score (nSPS) is 11.1. The summed E-state index contributed by atoms with van der Waals surface area (Å²) >= 11 is 0. The van der Waals surface area contributed by atoms with Gasteiger partial charge in [0, 0.05) is 17.8 Å². The fourth-order valence-electron chi connectivity index (χ4n) is 2.65. The van der Waals surface area contributed by atoms with Crippen LogP contribution in [0.25, 0.3) is 16.6 Å². The second kappa shape index (κ2) is 5.82. The molecule has 0 unspecified atom stereocenters. The monoisotopic (exact) mass is 334 g/mol. The van der Waals surface area contributed by atoms with E-state index in [0.29, 0.717) is 34.1 Å². The Morgan fingerprint density at radius 1 is 1.24 bits per heavy atom. The van der Waals surface area contributed by atoms with Gasteiger partial charge < -0.3 is 10.5 Å². The molecule has 0 aliphatic heterocycles. The number of nitrogen functional groups attached to an aromatic ring is 1. The van der Waals surface area contributed by atoms with Gasteiger partial charge in [0.15, 0.2) is 18.1 Å². The lowest BCUT2D eigenvalue weighted by Gasteiger charge is -2.06. The predicted octanol–water partition coefficient (Wildman–Crippen LogP) is 1.92. The third-order valence-corrected chi connectivity index (χ3v) is 3.79. The number of anilines is 1. The number of para-hydroxylation sites is 1. The van der Waals surface area contributed by atoms with E-state index in [9.17, 15) is 4.79 Å². The third-order valence-electron chi connectivity index (χ3n) is 3.79. The molecule has 0 spiro atoms. The Labute approximate surface area is 142 Å². The van der Waals surface area contributed by atoms with Crippen molar-refractivity contribution >= 4 is 28.3 Å². The Hall–Kier alpha value is -3.55. The Kier molecular flexibility index (Phi) is 3.50. The van der Waals surface area contributed by atoms with Crippen molar-refractivity contribution in [2.45, 2.75) is 13.5 Å². The summed E-state index contributed by atoms with van der Waals surface area (Å²) in [6.45, 7) is 1.65. The molecule has 0 fully saturated rings. The molecule has 2 N–H and O–H groups in total. The maximum atomic E-state index is 12.5. The molecule has 8 nitrogen and oxygen atoms in total. The van der Waals surface area contributed by atoms with Crippen LogP contribution in [0, 0.1) is 6.92 Å². The summed E-state index contributed by atoms with van der Waals surface area (Å²) in [6, 6.07) is 9.13. The van der Waals surface area contributed by atoms with Crippen LogP contribution < -0.4 is 5.73 Å². The highest BCUT2D eigenvalue weighted by molar-refractivity contribution is 5.97. The first-order valence-electron chi connectivity index (χ1n) is 7.61. The van der Waals surface area contributed by atoms with Crippen LogP contribution in [-0.2, 0) is 11.3 Å². The maximum Gasteiger partial charge on any atom is 0.344 e. The van der Waals surface area contributed by atoms with Crippen LogP contribution in [0.4, 0.5) is 5.82 Å². The molecule has 0 aliphatic rings. The quantitative estimate of drug-likeness (QED) is 0.570. The fourth-order valence-corrected chi connectivity index (χ4v) is 2.65. The molecule has 3 heterocycles. The number of hydrogen-bond acceptors (Lipinski definition) is 7. The zero-order valence-electron chi connectivity index (χ0n) is 13.4. The Morgan fingerprint density at radius 3 is 2.96 bits per heavy atom. The lowest BCUT2D eigenvalue weighted by Crippen LogP contribution is -2.10. The smallest absolute Gasteiger partial charge is 0.344 e. The highest BCUT2D eigenvalue weighted by Gasteiger charge is 2.20. The molecular weight excluding hydrogens is 320 g/mol. The lowest BCUT2D eigenvalue weighted by atomic mass is 10.2. The number of hydrogen-bond donors (Lipinski definition) is 1. The second-order valence-corrected chi connectivity index (χ2v) is 5.47. The highest BCUT2D eigenvalue weighted by Crippen LogP contribution is 2.18. The first kappa shape index (κ1) is 15.0. The van der Waals surface area contributed by atoms with E-state index in [1.54, 1.807) is 25.4 Å². The average molecular weight is 334 g/mol. The van der Waals surface area contributed by atoms with Gasteiger partial charge in [0.25, 0.3) is 0 Å². The second-order valence-electron chi connectivity index (χ2n) is 5.47. The van der Waals surface area contributed by atoms with Crippen molar-refractivity contribution in [3.05, 3.63) is 59.8 Å². The predicted molar refractivity (Wildman–Crippen MR) is 90.8 cm³/mol. The van der Waals surface area contributed by atoms with Gasteiger partial charge in [-0.2, -0.15) is 5.10 Å². The van der Waals surface area contributed by atoms with Gasteiger partial charge in [-0.3, -0.25) is 0 Å². The van der Waals surface area contributed by atoms with Crippen LogP contribution in [-0.4, -0.2) is 30.5 Å². The maximum absolute atomic E-state index is 12.5. The van der Waals surface area contributed by atoms with E-state index in [0.717, 1.165) is 5.39 Å². The number of nitrogens with two attached hydrogens (primary N) is 1. The minimum absolute atomic E-state index is 0.0858. The van der Waals surface area contributed by atoms with Crippen molar-refractivity contribution in [1.82, 2.24) is 24.6 Å². The summed E-state index contributed by atoms with van der Waals surface area (Å²) in [5.74, 6) is 0.165. The first-order valence-corrected chi connectivity index (χ1v) is 7.61. The van der Waals surface area contributed by atoms with Gasteiger partial charge >= 0.3 is 5.97 Å². The number of benzene rings is 1. The Balaban J connectivity index is 1.60. The van der Waals surface area contributed by atoms with Gasteiger partial charge in [-0.25, -0.2) is 24.3 Å². The van der Waals surface area contributed by atoms with Crippen LogP contribution in [0.5, 0.6) is 0 Å². The zero-order chi connectivity index (χ0) is 17.4. The van der Waals surface area contributed by atoms with Gasteiger partial charge in [0.05, 0.1) is 11.2 Å². The van der Waals surface area contributed by atoms with E-state index in [1.165, 1.54) is 4.52 Å². The van der Waals surface area contributed by atoms with E-state index in [2.05, 4.69) is 20.1 Å². The summed E-state index contributed by atoms with van der Waals surface area (Å²) in [5.41, 5.74) is 7.97. The van der Waals surface area contributed by atoms with Crippen LogP contribution in [0.2, 0.25) is 0 Å². The molecule has 0 atom stereocenters. The van der Waals surface area contributed by atoms with Gasteiger partial charge in [0.2, 0.25) is 0 Å². The van der Waals surface area contributed by atoms with E-state index in [4.69, 9.17) is 10.5 Å². The van der Waals surface area contributed by atoms with E-state index in [1.807, 2.05) is 24.3 Å². The van der Waals surface area contributed by atoms with Gasteiger partial charge in [-0.15, -0.1) is 0 Å². The summed E-state index contributed by atoms with van der Waals surface area (Å²) in [7, 11) is 0. The van der Waals surface area contributed by atoms with E-state index >= 15 is 0 Å². The fraction of sp³-hybridized carbons (Fsp3) is 0.118. The average Bonchev–Trinajstić information content (AvgIpc) is 2.95.